The molecule has 1 aromatic carbocycles. The SMILES string of the molecule is CC1(C)CC(=O)C2=C(C1)Oc1[nH]c(=O)[nH]c(=O)c1C2c1ccc(Br)cc1. The van der Waals surface area contributed by atoms with Gasteiger partial charge >= 0.3 is 5.69 Å². The third-order valence-electron chi connectivity index (χ3n) is 4.83. The van der Waals surface area contributed by atoms with E-state index in [-0.39, 0.29) is 22.6 Å². The number of hydrogen-bond acceptors (Lipinski definition) is 4. The van der Waals surface area contributed by atoms with Crippen LogP contribution in [0.2, 0.25) is 0 Å². The van der Waals surface area contributed by atoms with Crippen molar-refractivity contribution in [2.45, 2.75) is 32.6 Å². The molecule has 1 aliphatic heterocycles. The van der Waals surface area contributed by atoms with Crippen LogP contribution in [0.5, 0.6) is 5.88 Å². The van der Waals surface area contributed by atoms with Crippen molar-refractivity contribution in [1.82, 2.24) is 9.97 Å². The molecule has 1 unspecified atom stereocenters. The van der Waals surface area contributed by atoms with Gasteiger partial charge in [0.1, 0.15) is 5.76 Å². The van der Waals surface area contributed by atoms with Crippen LogP contribution in [0.1, 0.15) is 43.7 Å². The van der Waals surface area contributed by atoms with Crippen LogP contribution in [0.15, 0.2) is 49.7 Å². The van der Waals surface area contributed by atoms with E-state index in [4.69, 9.17) is 4.74 Å². The number of allylic oxidation sites excluding steroid dienone is 2. The first-order valence-corrected chi connectivity index (χ1v) is 9.10. The minimum Gasteiger partial charge on any atom is -0.444 e. The number of H-pyrrole nitrogens is 2. The van der Waals surface area contributed by atoms with Crippen LogP contribution in [0.4, 0.5) is 0 Å². The van der Waals surface area contributed by atoms with Gasteiger partial charge in [0.2, 0.25) is 5.88 Å². The van der Waals surface area contributed by atoms with Gasteiger partial charge in [0.15, 0.2) is 5.78 Å². The number of rotatable bonds is 1. The summed E-state index contributed by atoms with van der Waals surface area (Å²) in [4.78, 5) is 42.0. The van der Waals surface area contributed by atoms with Crippen molar-refractivity contribution in [3.8, 4) is 5.88 Å². The first-order valence-electron chi connectivity index (χ1n) is 8.31. The van der Waals surface area contributed by atoms with Gasteiger partial charge in [0.05, 0.1) is 11.5 Å². The largest absolute Gasteiger partial charge is 0.444 e. The summed E-state index contributed by atoms with van der Waals surface area (Å²) >= 11 is 3.40. The molecule has 1 aromatic heterocycles. The molecule has 2 aromatic rings. The fraction of sp³-hybridized carbons (Fsp3) is 0.316. The molecule has 26 heavy (non-hydrogen) atoms. The molecule has 0 saturated carbocycles. The molecule has 2 N–H and O–H groups in total. The molecule has 2 aliphatic rings. The van der Waals surface area contributed by atoms with E-state index in [2.05, 4.69) is 25.9 Å². The summed E-state index contributed by atoms with van der Waals surface area (Å²) < 4.78 is 6.75. The third-order valence-corrected chi connectivity index (χ3v) is 5.36. The van der Waals surface area contributed by atoms with Crippen LogP contribution >= 0.6 is 15.9 Å². The zero-order valence-corrected chi connectivity index (χ0v) is 15.9. The van der Waals surface area contributed by atoms with E-state index < -0.39 is 17.2 Å². The van der Waals surface area contributed by atoms with Crippen LogP contribution in [0, 0.1) is 5.41 Å². The van der Waals surface area contributed by atoms with Gasteiger partial charge in [0, 0.05) is 22.9 Å². The monoisotopic (exact) mass is 416 g/mol. The van der Waals surface area contributed by atoms with Gasteiger partial charge < -0.3 is 4.74 Å². The molecule has 7 heteroatoms. The molecule has 6 nitrogen and oxygen atoms in total. The van der Waals surface area contributed by atoms with E-state index in [1.54, 1.807) is 0 Å². The molecule has 0 saturated heterocycles. The quantitative estimate of drug-likeness (QED) is 0.747. The highest BCUT2D eigenvalue weighted by Gasteiger charge is 2.43. The highest BCUT2D eigenvalue weighted by atomic mass is 79.9. The third kappa shape index (κ3) is 2.76. The Morgan fingerprint density at radius 1 is 1.08 bits per heavy atom. The smallest absolute Gasteiger partial charge is 0.328 e. The normalized spacial score (nSPS) is 21.0. The van der Waals surface area contributed by atoms with E-state index in [1.165, 1.54) is 0 Å². The zero-order chi connectivity index (χ0) is 18.6. The summed E-state index contributed by atoms with van der Waals surface area (Å²) in [7, 11) is 0. The van der Waals surface area contributed by atoms with E-state index in [0.717, 1.165) is 10.0 Å². The van der Waals surface area contributed by atoms with Gasteiger partial charge in [-0.15, -0.1) is 0 Å². The molecular formula is C19H17BrN2O4. The van der Waals surface area contributed by atoms with E-state index in [0.29, 0.717) is 24.2 Å². The molecule has 0 bridgehead atoms. The Morgan fingerprint density at radius 3 is 2.46 bits per heavy atom. The lowest BCUT2D eigenvalue weighted by atomic mass is 9.70. The Morgan fingerprint density at radius 2 is 1.77 bits per heavy atom. The summed E-state index contributed by atoms with van der Waals surface area (Å²) in [6, 6.07) is 7.46. The Bertz CT molecular complexity index is 1060. The van der Waals surface area contributed by atoms with Crippen LogP contribution < -0.4 is 16.0 Å². The summed E-state index contributed by atoms with van der Waals surface area (Å²) in [5, 5.41) is 0. The zero-order valence-electron chi connectivity index (χ0n) is 14.3. The highest BCUT2D eigenvalue weighted by Crippen LogP contribution is 2.48. The maximum atomic E-state index is 13.0. The van der Waals surface area contributed by atoms with Crippen molar-refractivity contribution >= 4 is 21.7 Å². The molecule has 2 heterocycles. The number of Topliss-reactive ketones (excluding diaryl/α,β-unsaturated/α-hetero) is 1. The van der Waals surface area contributed by atoms with E-state index >= 15 is 0 Å². The van der Waals surface area contributed by atoms with Crippen LogP contribution in [0.25, 0.3) is 0 Å². The minimum atomic E-state index is -0.631. The molecular weight excluding hydrogens is 400 g/mol. The van der Waals surface area contributed by atoms with Crippen molar-refractivity contribution in [1.29, 1.82) is 0 Å². The van der Waals surface area contributed by atoms with Crippen molar-refractivity contribution < 1.29 is 9.53 Å². The number of halogens is 1. The number of nitrogens with one attached hydrogen (secondary N) is 2. The summed E-state index contributed by atoms with van der Waals surface area (Å²) in [5.41, 5.74) is 0.167. The van der Waals surface area contributed by atoms with Crippen LogP contribution in [0.3, 0.4) is 0 Å². The second kappa shape index (κ2) is 5.81. The number of aromatic nitrogens is 2. The van der Waals surface area contributed by atoms with Gasteiger partial charge in [-0.2, -0.15) is 0 Å². The summed E-state index contributed by atoms with van der Waals surface area (Å²) in [5.74, 6) is 0.0651. The minimum absolute atomic E-state index is 0.0274. The lowest BCUT2D eigenvalue weighted by Crippen LogP contribution is -2.37. The Labute approximate surface area is 157 Å². The van der Waals surface area contributed by atoms with Gasteiger partial charge in [-0.05, 0) is 23.1 Å². The number of fused-ring (bicyclic) bond motifs is 1. The van der Waals surface area contributed by atoms with Crippen LogP contribution in [-0.4, -0.2) is 15.8 Å². The average molecular weight is 417 g/mol. The second-order valence-corrected chi connectivity index (χ2v) is 8.43. The molecule has 0 fully saturated rings. The van der Waals surface area contributed by atoms with E-state index in [1.807, 2.05) is 38.1 Å². The predicted octanol–water partition coefficient (Wildman–Crippen LogP) is 2.99. The fourth-order valence-corrected chi connectivity index (χ4v) is 4.03. The first kappa shape index (κ1) is 17.0. The summed E-state index contributed by atoms with van der Waals surface area (Å²) in [6.07, 6.45) is 0.953. The number of ketones is 1. The number of ether oxygens (including phenoxy) is 1. The number of carbonyl (C=O) groups excluding carboxylic acids is 1. The molecule has 0 amide bonds. The maximum absolute atomic E-state index is 13.0. The maximum Gasteiger partial charge on any atom is 0.328 e. The highest BCUT2D eigenvalue weighted by molar-refractivity contribution is 9.10. The number of hydrogen-bond donors (Lipinski definition) is 2. The molecule has 0 spiro atoms. The van der Waals surface area contributed by atoms with Crippen molar-refractivity contribution in [2.24, 2.45) is 5.41 Å². The predicted molar refractivity (Wildman–Crippen MR) is 99.3 cm³/mol. The van der Waals surface area contributed by atoms with Gasteiger partial charge in [0.25, 0.3) is 5.56 Å². The van der Waals surface area contributed by atoms with Crippen LogP contribution in [-0.2, 0) is 4.79 Å². The molecule has 4 rings (SSSR count). The molecule has 134 valence electrons. The summed E-state index contributed by atoms with van der Waals surface area (Å²) in [6.45, 7) is 4.01. The van der Waals surface area contributed by atoms with Gasteiger partial charge in [-0.3, -0.25) is 19.6 Å². The molecule has 0 radical (unpaired) electrons. The molecule has 1 aliphatic carbocycles. The van der Waals surface area contributed by atoms with Crippen molar-refractivity contribution in [3.05, 3.63) is 72.0 Å². The Kier molecular flexibility index (Phi) is 3.80. The topological polar surface area (TPSA) is 92.0 Å². The second-order valence-electron chi connectivity index (χ2n) is 7.52. The number of benzene rings is 1. The van der Waals surface area contributed by atoms with Gasteiger partial charge in [-0.1, -0.05) is 41.9 Å². The standard InChI is InChI=1S/C19H17BrN2O4/c1-19(2)7-11(23)14-12(8-19)26-17-15(16(24)21-18(25)22-17)13(14)9-3-5-10(20)6-4-9/h3-6,13H,7-8H2,1-2H3,(H2,21,22,24,25). The first-order chi connectivity index (χ1) is 12.2. The number of carbonyl (C=O) groups is 1. The number of aromatic amines is 2. The Hall–Kier alpha value is -2.41. The fourth-order valence-electron chi connectivity index (χ4n) is 3.76. The lowest BCUT2D eigenvalue weighted by Gasteiger charge is -2.37. The molecule has 1 atom stereocenters. The van der Waals surface area contributed by atoms with Crippen molar-refractivity contribution in [3.63, 3.8) is 0 Å². The lowest BCUT2D eigenvalue weighted by molar-refractivity contribution is -0.118. The van der Waals surface area contributed by atoms with Gasteiger partial charge in [-0.25, -0.2) is 4.79 Å². The average Bonchev–Trinajstić information content (AvgIpc) is 2.52. The van der Waals surface area contributed by atoms with E-state index in [9.17, 15) is 14.4 Å². The van der Waals surface area contributed by atoms with Crippen molar-refractivity contribution in [2.75, 3.05) is 0 Å². The Balaban J connectivity index is 2.00.